The van der Waals surface area contributed by atoms with Crippen LogP contribution >= 0.6 is 23.2 Å². The molecule has 0 spiro atoms. The molecule has 0 radical (unpaired) electrons. The Morgan fingerprint density at radius 1 is 1.29 bits per heavy atom. The number of nitrogens with one attached hydrogen (secondary N) is 1. The lowest BCUT2D eigenvalue weighted by Crippen LogP contribution is -2.40. The molecule has 1 amide bonds. The number of rotatable bonds is 3. The molecule has 21 heavy (non-hydrogen) atoms. The number of amides is 1. The van der Waals surface area contributed by atoms with Gasteiger partial charge < -0.3 is 0 Å². The molecule has 2 rings (SSSR count). The van der Waals surface area contributed by atoms with Crippen molar-refractivity contribution in [3.63, 3.8) is 0 Å². The minimum Gasteiger partial charge on any atom is -0.285 e. The highest BCUT2D eigenvalue weighted by atomic mass is 35.5. The molecule has 0 atom stereocenters. The zero-order valence-corrected chi connectivity index (χ0v) is 12.8. The number of aromatic nitrogens is 2. The van der Waals surface area contributed by atoms with Crippen molar-refractivity contribution >= 4 is 34.8 Å². The molecule has 0 saturated carbocycles. The van der Waals surface area contributed by atoms with E-state index >= 15 is 0 Å². The molecule has 0 saturated heterocycles. The lowest BCUT2D eigenvalue weighted by Gasteiger charge is -2.20. The van der Waals surface area contributed by atoms with Crippen LogP contribution < -0.4 is 16.0 Å². The fraction of sp³-hybridized carbons (Fsp3) is 0.154. The van der Waals surface area contributed by atoms with E-state index in [1.165, 1.54) is 18.3 Å². The van der Waals surface area contributed by atoms with E-state index in [1.807, 2.05) is 0 Å². The number of anilines is 1. The van der Waals surface area contributed by atoms with E-state index < -0.39 is 5.56 Å². The van der Waals surface area contributed by atoms with Crippen LogP contribution in [0.4, 0.5) is 5.69 Å². The number of halogens is 2. The Hall–Kier alpha value is -2.05. The van der Waals surface area contributed by atoms with Gasteiger partial charge in [-0.25, -0.2) is 4.68 Å². The summed E-state index contributed by atoms with van der Waals surface area (Å²) in [5.74, 6) is -0.356. The predicted octanol–water partition coefficient (Wildman–Crippen LogP) is 1.87. The maximum atomic E-state index is 12.1. The van der Waals surface area contributed by atoms with Crippen molar-refractivity contribution in [3.8, 4) is 0 Å². The number of carbonyl (C=O) groups is 1. The summed E-state index contributed by atoms with van der Waals surface area (Å²) in [5, 5.41) is 5.72. The van der Waals surface area contributed by atoms with E-state index in [2.05, 4.69) is 10.5 Å². The van der Waals surface area contributed by atoms with E-state index in [0.717, 1.165) is 4.68 Å². The minimum atomic E-state index is -0.443. The molecule has 1 aromatic heterocycles. The summed E-state index contributed by atoms with van der Waals surface area (Å²) in [4.78, 5) is 23.8. The molecule has 8 heteroatoms. The summed E-state index contributed by atoms with van der Waals surface area (Å²) >= 11 is 11.7. The minimum absolute atomic E-state index is 0.0218. The second-order valence-electron chi connectivity index (χ2n) is 4.28. The summed E-state index contributed by atoms with van der Waals surface area (Å²) in [6.07, 6.45) is 1.39. The zero-order valence-electron chi connectivity index (χ0n) is 11.3. The first-order chi connectivity index (χ1) is 9.90. The number of aryl methyl sites for hydroxylation is 1. The second kappa shape index (κ2) is 6.15. The summed E-state index contributed by atoms with van der Waals surface area (Å²) in [6.45, 7) is 0. The van der Waals surface area contributed by atoms with Gasteiger partial charge in [0.2, 0.25) is 0 Å². The molecule has 110 valence electrons. The van der Waals surface area contributed by atoms with Crippen molar-refractivity contribution in [3.05, 3.63) is 56.4 Å². The molecular weight excluding hydrogens is 315 g/mol. The maximum absolute atomic E-state index is 12.1. The molecule has 1 heterocycles. The smallest absolute Gasteiger partial charge is 0.285 e. The first-order valence-electron chi connectivity index (χ1n) is 5.92. The van der Waals surface area contributed by atoms with Crippen LogP contribution in [0.5, 0.6) is 0 Å². The van der Waals surface area contributed by atoms with Gasteiger partial charge in [-0.2, -0.15) is 5.10 Å². The summed E-state index contributed by atoms with van der Waals surface area (Å²) in [5.41, 5.74) is 2.89. The Morgan fingerprint density at radius 2 is 1.90 bits per heavy atom. The van der Waals surface area contributed by atoms with Gasteiger partial charge in [0.1, 0.15) is 10.7 Å². The number of carbonyl (C=O) groups excluding carboxylic acids is 1. The van der Waals surface area contributed by atoms with Crippen LogP contribution in [0.15, 0.2) is 35.3 Å². The van der Waals surface area contributed by atoms with Crippen molar-refractivity contribution in [2.24, 2.45) is 7.05 Å². The fourth-order valence-corrected chi connectivity index (χ4v) is 2.04. The van der Waals surface area contributed by atoms with Gasteiger partial charge in [-0.05, 0) is 24.3 Å². The highest BCUT2D eigenvalue weighted by Crippen LogP contribution is 2.18. The SMILES string of the molecule is CN(NC(=O)c1ccc(Cl)cc1)c1cnn(C)c(=O)c1Cl. The van der Waals surface area contributed by atoms with Gasteiger partial charge in [0.05, 0.1) is 6.20 Å². The maximum Gasteiger partial charge on any atom is 0.287 e. The average molecular weight is 327 g/mol. The topological polar surface area (TPSA) is 67.2 Å². The normalized spacial score (nSPS) is 10.3. The zero-order chi connectivity index (χ0) is 15.6. The highest BCUT2D eigenvalue weighted by Gasteiger charge is 2.14. The van der Waals surface area contributed by atoms with Crippen LogP contribution in [-0.4, -0.2) is 22.7 Å². The average Bonchev–Trinajstić information content (AvgIpc) is 2.45. The van der Waals surface area contributed by atoms with Crippen molar-refractivity contribution < 1.29 is 4.79 Å². The fourth-order valence-electron chi connectivity index (χ4n) is 1.61. The Morgan fingerprint density at radius 3 is 2.52 bits per heavy atom. The molecule has 0 aliphatic heterocycles. The quantitative estimate of drug-likeness (QED) is 0.874. The molecule has 0 aliphatic rings. The molecular formula is C13H12Cl2N4O2. The van der Waals surface area contributed by atoms with Crippen molar-refractivity contribution in [1.29, 1.82) is 0 Å². The molecule has 0 aliphatic carbocycles. The number of hydrazine groups is 1. The van der Waals surface area contributed by atoms with Gasteiger partial charge in [0.15, 0.2) is 0 Å². The third-order valence-corrected chi connectivity index (χ3v) is 3.40. The van der Waals surface area contributed by atoms with Crippen LogP contribution in [0.1, 0.15) is 10.4 Å². The van der Waals surface area contributed by atoms with Crippen molar-refractivity contribution in [1.82, 2.24) is 15.2 Å². The summed E-state index contributed by atoms with van der Waals surface area (Å²) in [7, 11) is 3.06. The Balaban J connectivity index is 2.20. The standard InChI is InChI=1S/C13H12Cl2N4O2/c1-18(10-7-16-19(2)13(21)11(10)15)17-12(20)8-3-5-9(14)6-4-8/h3-7H,1-2H3,(H,17,20). The van der Waals surface area contributed by atoms with Crippen molar-refractivity contribution in [2.45, 2.75) is 0 Å². The molecule has 2 aromatic rings. The monoisotopic (exact) mass is 326 g/mol. The molecule has 6 nitrogen and oxygen atoms in total. The number of nitrogens with zero attached hydrogens (tertiary/aromatic N) is 3. The number of hydrogen-bond donors (Lipinski definition) is 1. The Kier molecular flexibility index (Phi) is 4.50. The lowest BCUT2D eigenvalue weighted by atomic mass is 10.2. The summed E-state index contributed by atoms with van der Waals surface area (Å²) in [6, 6.07) is 6.41. The van der Waals surface area contributed by atoms with Crippen molar-refractivity contribution in [2.75, 3.05) is 12.1 Å². The van der Waals surface area contributed by atoms with E-state index in [1.54, 1.807) is 31.3 Å². The number of hydrogen-bond acceptors (Lipinski definition) is 4. The molecule has 0 fully saturated rings. The third-order valence-electron chi connectivity index (χ3n) is 2.80. The van der Waals surface area contributed by atoms with E-state index in [0.29, 0.717) is 16.3 Å². The molecule has 0 bridgehead atoms. The van der Waals surface area contributed by atoms with Crippen LogP contribution in [0.25, 0.3) is 0 Å². The Bertz CT molecular complexity index is 728. The van der Waals surface area contributed by atoms with Gasteiger partial charge in [-0.3, -0.25) is 20.0 Å². The van der Waals surface area contributed by atoms with Crippen LogP contribution in [0, 0.1) is 0 Å². The van der Waals surface area contributed by atoms with Gasteiger partial charge in [0, 0.05) is 24.7 Å². The Labute approximate surface area is 130 Å². The van der Waals surface area contributed by atoms with E-state index in [4.69, 9.17) is 23.2 Å². The van der Waals surface area contributed by atoms with E-state index in [-0.39, 0.29) is 10.9 Å². The van der Waals surface area contributed by atoms with Gasteiger partial charge in [-0.15, -0.1) is 0 Å². The number of benzene rings is 1. The van der Waals surface area contributed by atoms with Gasteiger partial charge in [-0.1, -0.05) is 23.2 Å². The molecule has 1 aromatic carbocycles. The van der Waals surface area contributed by atoms with Gasteiger partial charge in [0.25, 0.3) is 11.5 Å². The predicted molar refractivity (Wildman–Crippen MR) is 81.8 cm³/mol. The summed E-state index contributed by atoms with van der Waals surface area (Å²) < 4.78 is 1.11. The second-order valence-corrected chi connectivity index (χ2v) is 5.09. The van der Waals surface area contributed by atoms with Crippen LogP contribution in [0.3, 0.4) is 0 Å². The first-order valence-corrected chi connectivity index (χ1v) is 6.68. The van der Waals surface area contributed by atoms with Crippen LogP contribution in [-0.2, 0) is 7.05 Å². The third kappa shape index (κ3) is 3.34. The van der Waals surface area contributed by atoms with E-state index in [9.17, 15) is 9.59 Å². The van der Waals surface area contributed by atoms with Crippen LogP contribution in [0.2, 0.25) is 10.0 Å². The largest absolute Gasteiger partial charge is 0.287 e. The molecule has 1 N–H and O–H groups in total. The molecule has 0 unspecified atom stereocenters. The van der Waals surface area contributed by atoms with Gasteiger partial charge >= 0.3 is 0 Å². The lowest BCUT2D eigenvalue weighted by molar-refractivity contribution is 0.0951. The first kappa shape index (κ1) is 15.3. The highest BCUT2D eigenvalue weighted by molar-refractivity contribution is 6.33.